The van der Waals surface area contributed by atoms with Gasteiger partial charge in [0.1, 0.15) is 17.1 Å². The predicted molar refractivity (Wildman–Crippen MR) is 147 cm³/mol. The van der Waals surface area contributed by atoms with E-state index in [1.807, 2.05) is 0 Å². The first-order valence-corrected chi connectivity index (χ1v) is 14.2. The van der Waals surface area contributed by atoms with Crippen molar-refractivity contribution in [2.75, 3.05) is 33.2 Å². The number of likely N-dealkylation sites (tertiary alicyclic amines) is 1. The molecule has 2 amide bonds. The number of likely N-dealkylation sites (N-methyl/N-ethyl adjacent to an activating group) is 1. The van der Waals surface area contributed by atoms with E-state index in [0.717, 1.165) is 0 Å². The quantitative estimate of drug-likeness (QED) is 0.464. The molecule has 41 heavy (non-hydrogen) atoms. The molecule has 2 aliphatic heterocycles. The van der Waals surface area contributed by atoms with Crippen molar-refractivity contribution in [3.05, 3.63) is 63.9 Å². The summed E-state index contributed by atoms with van der Waals surface area (Å²) in [5.41, 5.74) is -0.668. The third-order valence-electron chi connectivity index (χ3n) is 8.60. The smallest absolute Gasteiger partial charge is 0.410 e. The maximum atomic E-state index is 14.5. The Bertz CT molecular complexity index is 1330. The highest BCUT2D eigenvalue weighted by molar-refractivity contribution is 6.42. The molecule has 0 spiro atoms. The van der Waals surface area contributed by atoms with Gasteiger partial charge in [-0.3, -0.25) is 14.5 Å². The summed E-state index contributed by atoms with van der Waals surface area (Å²) in [6.07, 6.45) is -0.996. The zero-order valence-electron chi connectivity index (χ0n) is 22.3. The molecular weight excluding hydrogens is 582 g/mol. The number of rotatable bonds is 6. The highest BCUT2D eigenvalue weighted by atomic mass is 35.5. The number of piperidine rings is 1. The van der Waals surface area contributed by atoms with Crippen molar-refractivity contribution in [2.45, 2.75) is 43.1 Å². The highest BCUT2D eigenvalue weighted by Gasteiger charge is 2.57. The number of hydrogen-bond acceptors (Lipinski definition) is 5. The van der Waals surface area contributed by atoms with Crippen LogP contribution in [0.4, 0.5) is 18.0 Å². The minimum absolute atomic E-state index is 0.122. The number of Topliss-reactive ketones (excluding diaryl/α,β-unsaturated/α-hetero) is 1. The standard InChI is InChI=1S/C29H30Cl2F3N3O4/c1-36(27(40)41-21-5-3-20(32)4-6-21)29(16-35-15-22(29)18-2-7-23(30)24(31)12-18)25(38)17-8-10-37(11-9-17)26(39)19-13-28(33,34)14-19/h2-7,12,17,19,22,35H,8-11,13-16H2,1H3/t22-,29+/m0/s1. The molecule has 2 aromatic rings. The van der Waals surface area contributed by atoms with Crippen LogP contribution < -0.4 is 10.1 Å². The van der Waals surface area contributed by atoms with Crippen LogP contribution >= 0.6 is 23.2 Å². The first-order valence-electron chi connectivity index (χ1n) is 13.5. The van der Waals surface area contributed by atoms with E-state index in [9.17, 15) is 27.6 Å². The van der Waals surface area contributed by atoms with Crippen LogP contribution in [-0.4, -0.2) is 72.3 Å². The average Bonchev–Trinajstić information content (AvgIpc) is 3.39. The van der Waals surface area contributed by atoms with Gasteiger partial charge in [-0.2, -0.15) is 0 Å². The SMILES string of the molecule is CN(C(=O)Oc1ccc(F)cc1)[C@]1(C(=O)C2CCN(C(=O)C3CC(F)(F)C3)CC2)CNC[C@H]1c1ccc(Cl)c(Cl)c1. The van der Waals surface area contributed by atoms with E-state index in [1.165, 1.54) is 36.2 Å². The summed E-state index contributed by atoms with van der Waals surface area (Å²) in [6.45, 7) is 1.04. The van der Waals surface area contributed by atoms with Gasteiger partial charge in [0.05, 0.1) is 10.0 Å². The maximum absolute atomic E-state index is 14.5. The molecule has 2 atom stereocenters. The van der Waals surface area contributed by atoms with E-state index in [-0.39, 0.29) is 37.1 Å². The average molecular weight is 612 g/mol. The van der Waals surface area contributed by atoms with E-state index < -0.39 is 54.0 Å². The Morgan fingerprint density at radius 1 is 1.00 bits per heavy atom. The summed E-state index contributed by atoms with van der Waals surface area (Å²) in [4.78, 5) is 43.5. The Balaban J connectivity index is 1.39. The molecular formula is C29H30Cl2F3N3O4. The van der Waals surface area contributed by atoms with Gasteiger partial charge >= 0.3 is 6.09 Å². The van der Waals surface area contributed by atoms with Crippen LogP contribution in [0.5, 0.6) is 5.75 Å². The summed E-state index contributed by atoms with van der Waals surface area (Å²) in [6, 6.07) is 10.1. The lowest BCUT2D eigenvalue weighted by Gasteiger charge is -2.45. The second-order valence-electron chi connectivity index (χ2n) is 11.1. The highest BCUT2D eigenvalue weighted by Crippen LogP contribution is 2.45. The number of carbonyl (C=O) groups is 3. The molecule has 3 aliphatic rings. The number of amides is 2. The molecule has 1 aliphatic carbocycles. The molecule has 0 unspecified atom stereocenters. The van der Waals surface area contributed by atoms with Crippen molar-refractivity contribution in [3.8, 4) is 5.75 Å². The fourth-order valence-electron chi connectivity index (χ4n) is 6.24. The van der Waals surface area contributed by atoms with Crippen LogP contribution in [0.3, 0.4) is 0 Å². The molecule has 2 heterocycles. The van der Waals surface area contributed by atoms with Gasteiger partial charge in [0.25, 0.3) is 0 Å². The summed E-state index contributed by atoms with van der Waals surface area (Å²) < 4.78 is 45.6. The number of ether oxygens (including phenoxy) is 1. The first kappa shape index (κ1) is 29.7. The van der Waals surface area contributed by atoms with Crippen molar-refractivity contribution in [2.24, 2.45) is 11.8 Å². The second kappa shape index (κ2) is 11.5. The Hall–Kier alpha value is -2.82. The maximum Gasteiger partial charge on any atom is 0.415 e. The van der Waals surface area contributed by atoms with Crippen LogP contribution in [0, 0.1) is 17.7 Å². The molecule has 1 N–H and O–H groups in total. The molecule has 0 radical (unpaired) electrons. The molecule has 220 valence electrons. The molecule has 1 saturated carbocycles. The van der Waals surface area contributed by atoms with Gasteiger partial charge in [-0.05, 0) is 54.8 Å². The van der Waals surface area contributed by atoms with Crippen molar-refractivity contribution >= 4 is 41.0 Å². The van der Waals surface area contributed by atoms with E-state index >= 15 is 0 Å². The molecule has 0 bridgehead atoms. The first-order chi connectivity index (χ1) is 19.4. The lowest BCUT2D eigenvalue weighted by atomic mass is 9.72. The van der Waals surface area contributed by atoms with E-state index in [2.05, 4.69) is 5.32 Å². The van der Waals surface area contributed by atoms with Gasteiger partial charge in [0.2, 0.25) is 11.8 Å². The predicted octanol–water partition coefficient (Wildman–Crippen LogP) is 5.54. The minimum Gasteiger partial charge on any atom is -0.410 e. The topological polar surface area (TPSA) is 79.0 Å². The largest absolute Gasteiger partial charge is 0.415 e. The van der Waals surface area contributed by atoms with Crippen molar-refractivity contribution in [1.29, 1.82) is 0 Å². The van der Waals surface area contributed by atoms with Gasteiger partial charge in [-0.25, -0.2) is 18.0 Å². The number of nitrogens with zero attached hydrogens (tertiary/aromatic N) is 2. The lowest BCUT2D eigenvalue weighted by molar-refractivity contribution is -0.161. The van der Waals surface area contributed by atoms with Crippen molar-refractivity contribution in [1.82, 2.24) is 15.1 Å². The van der Waals surface area contributed by atoms with Crippen LogP contribution in [0.2, 0.25) is 10.0 Å². The number of alkyl halides is 2. The molecule has 5 rings (SSSR count). The Morgan fingerprint density at radius 3 is 2.27 bits per heavy atom. The second-order valence-corrected chi connectivity index (χ2v) is 11.9. The summed E-state index contributed by atoms with van der Waals surface area (Å²) in [7, 11) is 1.50. The van der Waals surface area contributed by atoms with Crippen molar-refractivity contribution < 1.29 is 32.3 Å². The molecule has 7 nitrogen and oxygen atoms in total. The summed E-state index contributed by atoms with van der Waals surface area (Å²) in [5, 5.41) is 3.91. The number of hydrogen-bond donors (Lipinski definition) is 1. The van der Waals surface area contributed by atoms with Gasteiger partial charge in [0, 0.05) is 63.8 Å². The van der Waals surface area contributed by atoms with E-state index in [0.29, 0.717) is 35.0 Å². The third-order valence-corrected chi connectivity index (χ3v) is 9.34. The molecule has 2 saturated heterocycles. The van der Waals surface area contributed by atoms with Gasteiger partial charge in [-0.1, -0.05) is 29.3 Å². The van der Waals surface area contributed by atoms with Gasteiger partial charge < -0.3 is 15.0 Å². The zero-order chi connectivity index (χ0) is 29.5. The Kier molecular flexibility index (Phi) is 8.29. The number of halogens is 5. The Labute approximate surface area is 245 Å². The zero-order valence-corrected chi connectivity index (χ0v) is 23.9. The minimum atomic E-state index is -2.79. The van der Waals surface area contributed by atoms with Crippen LogP contribution in [-0.2, 0) is 9.59 Å². The third kappa shape index (κ3) is 5.79. The fraction of sp³-hybridized carbons (Fsp3) is 0.483. The molecule has 12 heteroatoms. The monoisotopic (exact) mass is 611 g/mol. The van der Waals surface area contributed by atoms with Crippen LogP contribution in [0.1, 0.15) is 37.2 Å². The molecule has 2 aromatic carbocycles. The Morgan fingerprint density at radius 2 is 1.66 bits per heavy atom. The van der Waals surface area contributed by atoms with Crippen LogP contribution in [0.15, 0.2) is 42.5 Å². The summed E-state index contributed by atoms with van der Waals surface area (Å²) >= 11 is 12.5. The summed E-state index contributed by atoms with van der Waals surface area (Å²) in [5.74, 6) is -5.33. The van der Waals surface area contributed by atoms with Crippen LogP contribution in [0.25, 0.3) is 0 Å². The molecule has 0 aromatic heterocycles. The number of benzene rings is 2. The lowest BCUT2D eigenvalue weighted by Crippen LogP contribution is -2.62. The van der Waals surface area contributed by atoms with E-state index in [1.54, 1.807) is 23.1 Å². The van der Waals surface area contributed by atoms with Gasteiger partial charge in [-0.15, -0.1) is 0 Å². The van der Waals surface area contributed by atoms with Gasteiger partial charge in [0.15, 0.2) is 5.78 Å². The normalized spacial score (nSPS) is 24.5. The number of ketones is 1. The number of carbonyl (C=O) groups excluding carboxylic acids is 3. The molecule has 3 fully saturated rings. The fourth-order valence-corrected chi connectivity index (χ4v) is 6.55. The van der Waals surface area contributed by atoms with Crippen molar-refractivity contribution in [3.63, 3.8) is 0 Å². The number of nitrogens with one attached hydrogen (secondary N) is 1. The van der Waals surface area contributed by atoms with E-state index in [4.69, 9.17) is 27.9 Å².